The summed E-state index contributed by atoms with van der Waals surface area (Å²) in [6.07, 6.45) is 0. The van der Waals surface area contributed by atoms with Crippen LogP contribution >= 0.6 is 0 Å². The predicted molar refractivity (Wildman–Crippen MR) is 57.4 cm³/mol. The van der Waals surface area contributed by atoms with Crippen molar-refractivity contribution in [2.24, 2.45) is 11.2 Å². The van der Waals surface area contributed by atoms with Crippen molar-refractivity contribution < 1.29 is 4.79 Å². The first kappa shape index (κ1) is 9.64. The van der Waals surface area contributed by atoms with E-state index in [4.69, 9.17) is 0 Å². The van der Waals surface area contributed by atoms with Crippen LogP contribution in [0.2, 0.25) is 0 Å². The Kier molecular flexibility index (Phi) is 2.37. The molecule has 0 aliphatic carbocycles. The molecule has 0 fully saturated rings. The molecule has 5 heteroatoms. The first-order chi connectivity index (χ1) is 7.22. The standard InChI is InChI=1S/C10H11N3O2/c1-7-6-13(12-15)9-5-3-2-4-8(9)11-10(7)14/h2-5,7H,6H2,1H3,(H,11,14)/t7-/m1/s1. The van der Waals surface area contributed by atoms with Crippen LogP contribution in [-0.4, -0.2) is 12.5 Å². The van der Waals surface area contributed by atoms with Crippen molar-refractivity contribution >= 4 is 17.3 Å². The van der Waals surface area contributed by atoms with Crippen LogP contribution in [0.3, 0.4) is 0 Å². The monoisotopic (exact) mass is 205 g/mol. The molecule has 1 aliphatic heterocycles. The second-order valence-corrected chi connectivity index (χ2v) is 3.57. The second-order valence-electron chi connectivity index (χ2n) is 3.57. The summed E-state index contributed by atoms with van der Waals surface area (Å²) in [5, 5.41) is 6.99. The van der Waals surface area contributed by atoms with Crippen molar-refractivity contribution in [3.63, 3.8) is 0 Å². The number of para-hydroxylation sites is 2. The minimum absolute atomic E-state index is 0.0893. The van der Waals surface area contributed by atoms with Gasteiger partial charge in [0.1, 0.15) is 0 Å². The van der Waals surface area contributed by atoms with Crippen molar-refractivity contribution in [3.05, 3.63) is 29.2 Å². The third-order valence-corrected chi connectivity index (χ3v) is 2.43. The summed E-state index contributed by atoms with van der Waals surface area (Å²) in [4.78, 5) is 22.2. The van der Waals surface area contributed by atoms with Gasteiger partial charge in [-0.1, -0.05) is 19.1 Å². The van der Waals surface area contributed by atoms with E-state index in [-0.39, 0.29) is 11.8 Å². The first-order valence-electron chi connectivity index (χ1n) is 4.73. The fourth-order valence-corrected chi connectivity index (χ4v) is 1.58. The zero-order valence-electron chi connectivity index (χ0n) is 8.30. The molecule has 1 amide bonds. The highest BCUT2D eigenvalue weighted by Crippen LogP contribution is 2.29. The fourth-order valence-electron chi connectivity index (χ4n) is 1.58. The minimum atomic E-state index is -0.255. The van der Waals surface area contributed by atoms with Gasteiger partial charge in [0, 0.05) is 0 Å². The van der Waals surface area contributed by atoms with Gasteiger partial charge in [0.25, 0.3) is 0 Å². The lowest BCUT2D eigenvalue weighted by molar-refractivity contribution is -0.119. The number of nitrogens with zero attached hydrogens (tertiary/aromatic N) is 2. The summed E-state index contributed by atoms with van der Waals surface area (Å²) in [5.41, 5.74) is 1.27. The number of amides is 1. The van der Waals surface area contributed by atoms with E-state index in [1.165, 1.54) is 5.01 Å². The third kappa shape index (κ3) is 1.68. The first-order valence-corrected chi connectivity index (χ1v) is 4.73. The number of carbonyl (C=O) groups is 1. The number of fused-ring (bicyclic) bond motifs is 1. The third-order valence-electron chi connectivity index (χ3n) is 2.43. The average Bonchev–Trinajstić information content (AvgIpc) is 2.37. The number of hydrogen-bond acceptors (Lipinski definition) is 3. The van der Waals surface area contributed by atoms with Crippen molar-refractivity contribution in [3.8, 4) is 0 Å². The highest BCUT2D eigenvalue weighted by Gasteiger charge is 2.24. The Morgan fingerprint density at radius 3 is 2.93 bits per heavy atom. The summed E-state index contributed by atoms with van der Waals surface area (Å²) in [6.45, 7) is 2.08. The number of hydrogen-bond donors (Lipinski definition) is 1. The van der Waals surface area contributed by atoms with Crippen LogP contribution < -0.4 is 10.3 Å². The molecule has 15 heavy (non-hydrogen) atoms. The number of carbonyl (C=O) groups excluding carboxylic acids is 1. The van der Waals surface area contributed by atoms with Crippen molar-refractivity contribution in [1.29, 1.82) is 0 Å². The quantitative estimate of drug-likeness (QED) is 0.710. The van der Waals surface area contributed by atoms with Gasteiger partial charge in [-0.05, 0) is 12.1 Å². The molecule has 0 saturated carbocycles. The van der Waals surface area contributed by atoms with Gasteiger partial charge in [0.05, 0.1) is 29.1 Å². The summed E-state index contributed by atoms with van der Waals surface area (Å²) in [5.74, 6) is -0.344. The van der Waals surface area contributed by atoms with Crippen LogP contribution in [-0.2, 0) is 4.79 Å². The summed E-state index contributed by atoms with van der Waals surface area (Å²) >= 11 is 0. The van der Waals surface area contributed by atoms with Crippen molar-refractivity contribution in [2.75, 3.05) is 16.9 Å². The summed E-state index contributed by atoms with van der Waals surface area (Å²) in [6, 6.07) is 7.12. The zero-order valence-corrected chi connectivity index (χ0v) is 8.30. The lowest BCUT2D eigenvalue weighted by atomic mass is 10.2. The molecule has 2 rings (SSSR count). The number of nitroso groups, excluding NO2 is 1. The SMILES string of the molecule is C[C@@H]1CN(N=O)c2ccccc2NC1=O. The van der Waals surface area contributed by atoms with E-state index in [1.54, 1.807) is 31.2 Å². The Morgan fingerprint density at radius 1 is 1.47 bits per heavy atom. The van der Waals surface area contributed by atoms with Gasteiger partial charge in [-0.25, -0.2) is 5.01 Å². The molecule has 1 aliphatic rings. The number of benzene rings is 1. The number of anilines is 2. The van der Waals surface area contributed by atoms with E-state index in [0.29, 0.717) is 17.9 Å². The van der Waals surface area contributed by atoms with Crippen LogP contribution in [0, 0.1) is 10.8 Å². The Balaban J connectivity index is 2.46. The maximum Gasteiger partial charge on any atom is 0.229 e. The molecule has 0 bridgehead atoms. The fraction of sp³-hybridized carbons (Fsp3) is 0.300. The molecule has 78 valence electrons. The molecule has 0 aromatic heterocycles. The Labute approximate surface area is 87.0 Å². The molecule has 5 nitrogen and oxygen atoms in total. The lowest BCUT2D eigenvalue weighted by Crippen LogP contribution is -2.26. The van der Waals surface area contributed by atoms with Crippen molar-refractivity contribution in [1.82, 2.24) is 0 Å². The average molecular weight is 205 g/mol. The Morgan fingerprint density at radius 2 is 2.20 bits per heavy atom. The highest BCUT2D eigenvalue weighted by molar-refractivity contribution is 5.97. The highest BCUT2D eigenvalue weighted by atomic mass is 16.3. The van der Waals surface area contributed by atoms with Crippen LogP contribution in [0.1, 0.15) is 6.92 Å². The maximum absolute atomic E-state index is 11.6. The molecule has 1 aromatic rings. The van der Waals surface area contributed by atoms with Gasteiger partial charge in [0.2, 0.25) is 5.91 Å². The van der Waals surface area contributed by atoms with E-state index in [2.05, 4.69) is 10.6 Å². The molecule has 0 spiro atoms. The van der Waals surface area contributed by atoms with E-state index in [1.807, 2.05) is 0 Å². The minimum Gasteiger partial charge on any atom is -0.324 e. The largest absolute Gasteiger partial charge is 0.324 e. The Hall–Kier alpha value is -1.91. The van der Waals surface area contributed by atoms with Crippen molar-refractivity contribution in [2.45, 2.75) is 6.92 Å². The van der Waals surface area contributed by atoms with Crippen LogP contribution in [0.15, 0.2) is 29.6 Å². The van der Waals surface area contributed by atoms with Crippen LogP contribution in [0.5, 0.6) is 0 Å². The van der Waals surface area contributed by atoms with E-state index < -0.39 is 0 Å². The Bertz CT molecular complexity index is 405. The number of nitrogens with one attached hydrogen (secondary N) is 1. The van der Waals surface area contributed by atoms with Crippen LogP contribution in [0.4, 0.5) is 11.4 Å². The summed E-state index contributed by atoms with van der Waals surface area (Å²) in [7, 11) is 0. The molecule has 0 unspecified atom stereocenters. The van der Waals surface area contributed by atoms with Gasteiger partial charge >= 0.3 is 0 Å². The molecule has 1 heterocycles. The molecule has 0 saturated heterocycles. The normalized spacial score (nSPS) is 20.2. The topological polar surface area (TPSA) is 61.8 Å². The zero-order chi connectivity index (χ0) is 10.8. The molecule has 1 atom stereocenters. The molecular formula is C10H11N3O2. The smallest absolute Gasteiger partial charge is 0.229 e. The summed E-state index contributed by atoms with van der Waals surface area (Å²) < 4.78 is 0. The number of rotatable bonds is 1. The second kappa shape index (κ2) is 3.68. The van der Waals surface area contributed by atoms with Gasteiger partial charge < -0.3 is 5.32 Å². The molecule has 0 radical (unpaired) electrons. The van der Waals surface area contributed by atoms with Gasteiger partial charge in [-0.3, -0.25) is 4.79 Å². The molecule has 1 N–H and O–H groups in total. The van der Waals surface area contributed by atoms with E-state index >= 15 is 0 Å². The van der Waals surface area contributed by atoms with E-state index in [9.17, 15) is 9.70 Å². The molecule has 1 aromatic carbocycles. The van der Waals surface area contributed by atoms with Gasteiger partial charge in [-0.15, -0.1) is 4.91 Å². The van der Waals surface area contributed by atoms with Gasteiger partial charge in [-0.2, -0.15) is 0 Å². The van der Waals surface area contributed by atoms with Gasteiger partial charge in [0.15, 0.2) is 0 Å². The maximum atomic E-state index is 11.6. The molecular weight excluding hydrogens is 194 g/mol. The van der Waals surface area contributed by atoms with Crippen LogP contribution in [0.25, 0.3) is 0 Å². The predicted octanol–water partition coefficient (Wildman–Crippen LogP) is 1.76. The lowest BCUT2D eigenvalue weighted by Gasteiger charge is -2.15. The van der Waals surface area contributed by atoms with E-state index in [0.717, 1.165) is 0 Å².